The Labute approximate surface area is 160 Å². The highest BCUT2D eigenvalue weighted by Gasteiger charge is 2.27. The van der Waals surface area contributed by atoms with E-state index in [2.05, 4.69) is 5.10 Å². The Morgan fingerprint density at radius 1 is 1.11 bits per heavy atom. The molecule has 0 N–H and O–H groups in total. The molecule has 0 unspecified atom stereocenters. The van der Waals surface area contributed by atoms with Gasteiger partial charge in [0.15, 0.2) is 5.69 Å². The summed E-state index contributed by atoms with van der Waals surface area (Å²) in [5.74, 6) is 0.652. The molecule has 4 rings (SSSR count). The molecule has 6 nitrogen and oxygen atoms in total. The van der Waals surface area contributed by atoms with E-state index >= 15 is 0 Å². The number of hydrogen-bond donors (Lipinski definition) is 0. The fourth-order valence-electron chi connectivity index (χ4n) is 3.34. The predicted octanol–water partition coefficient (Wildman–Crippen LogP) is 4.44. The Morgan fingerprint density at radius 3 is 2.41 bits per heavy atom. The Hall–Kier alpha value is -2.99. The molecule has 0 amide bonds. The third-order valence-electron chi connectivity index (χ3n) is 4.49. The van der Waals surface area contributed by atoms with Gasteiger partial charge in [0.1, 0.15) is 11.5 Å². The van der Waals surface area contributed by atoms with Crippen LogP contribution in [0.5, 0.6) is 11.5 Å². The molecule has 7 heteroatoms. The lowest BCUT2D eigenvalue weighted by molar-refractivity contribution is 0.0521. The second kappa shape index (κ2) is 6.63. The van der Waals surface area contributed by atoms with E-state index < -0.39 is 5.97 Å². The summed E-state index contributed by atoms with van der Waals surface area (Å²) in [5, 5.41) is 6.57. The van der Waals surface area contributed by atoms with E-state index in [0.29, 0.717) is 21.9 Å². The lowest BCUT2D eigenvalue weighted by Crippen LogP contribution is -2.06. The standard InChI is InChI=1S/C20H17ClN2O4/c1-4-27-20(24)18-17-15(26-3)9-14(25-2)16-13(10-23(22-18)19(16)17)11-5-7-12(21)8-6-11/h5-10H,4H2,1-3H3. The maximum absolute atomic E-state index is 12.4. The van der Waals surface area contributed by atoms with Crippen molar-refractivity contribution < 1.29 is 19.0 Å². The maximum atomic E-state index is 12.4. The molecular weight excluding hydrogens is 368 g/mol. The zero-order valence-corrected chi connectivity index (χ0v) is 15.8. The molecule has 0 radical (unpaired) electrons. The number of methoxy groups -OCH3 is 2. The Balaban J connectivity index is 2.07. The quantitative estimate of drug-likeness (QED) is 0.476. The van der Waals surface area contributed by atoms with Gasteiger partial charge in [-0.1, -0.05) is 23.7 Å². The third kappa shape index (κ3) is 2.64. The minimum atomic E-state index is -0.487. The van der Waals surface area contributed by atoms with Crippen LogP contribution in [0.3, 0.4) is 0 Å². The zero-order chi connectivity index (χ0) is 19.1. The molecular formula is C20H17ClN2O4. The van der Waals surface area contributed by atoms with Crippen molar-refractivity contribution in [2.45, 2.75) is 6.92 Å². The van der Waals surface area contributed by atoms with Gasteiger partial charge >= 0.3 is 5.97 Å². The van der Waals surface area contributed by atoms with Crippen molar-refractivity contribution in [1.29, 1.82) is 0 Å². The minimum Gasteiger partial charge on any atom is -0.496 e. The Kier molecular flexibility index (Phi) is 4.28. The number of ether oxygens (including phenoxy) is 3. The van der Waals surface area contributed by atoms with Crippen molar-refractivity contribution in [3.63, 3.8) is 0 Å². The third-order valence-corrected chi connectivity index (χ3v) is 4.74. The predicted molar refractivity (Wildman–Crippen MR) is 103 cm³/mol. The summed E-state index contributed by atoms with van der Waals surface area (Å²) in [6, 6.07) is 9.29. The summed E-state index contributed by atoms with van der Waals surface area (Å²) in [5.41, 5.74) is 2.86. The highest BCUT2D eigenvalue weighted by molar-refractivity contribution is 6.30. The number of benzene rings is 2. The summed E-state index contributed by atoms with van der Waals surface area (Å²) < 4.78 is 17.9. The van der Waals surface area contributed by atoms with E-state index in [9.17, 15) is 4.79 Å². The number of hydrogen-bond acceptors (Lipinski definition) is 5. The molecule has 138 valence electrons. The van der Waals surface area contributed by atoms with Gasteiger partial charge in [-0.15, -0.1) is 0 Å². The molecule has 0 aliphatic rings. The van der Waals surface area contributed by atoms with Crippen LogP contribution >= 0.6 is 11.6 Å². The summed E-state index contributed by atoms with van der Waals surface area (Å²) in [6.45, 7) is 2.03. The molecule has 2 aromatic heterocycles. The van der Waals surface area contributed by atoms with Crippen molar-refractivity contribution in [2.24, 2.45) is 0 Å². The summed E-state index contributed by atoms with van der Waals surface area (Å²) in [4.78, 5) is 12.4. The van der Waals surface area contributed by atoms with Gasteiger partial charge in [-0.3, -0.25) is 0 Å². The fourth-order valence-corrected chi connectivity index (χ4v) is 3.47. The molecule has 4 aromatic rings. The number of carbonyl (C=O) groups excluding carboxylic acids is 1. The van der Waals surface area contributed by atoms with E-state index in [1.807, 2.05) is 30.5 Å². The van der Waals surface area contributed by atoms with Crippen LogP contribution in [0.25, 0.3) is 27.4 Å². The number of esters is 1. The van der Waals surface area contributed by atoms with Crippen LogP contribution in [0.1, 0.15) is 17.4 Å². The topological polar surface area (TPSA) is 62.1 Å². The zero-order valence-electron chi connectivity index (χ0n) is 15.1. The van der Waals surface area contributed by atoms with Crippen LogP contribution < -0.4 is 9.47 Å². The second-order valence-electron chi connectivity index (χ2n) is 5.94. The molecule has 2 heterocycles. The smallest absolute Gasteiger partial charge is 0.359 e. The minimum absolute atomic E-state index is 0.221. The van der Waals surface area contributed by atoms with Crippen LogP contribution in [0.2, 0.25) is 5.02 Å². The summed E-state index contributed by atoms with van der Waals surface area (Å²) in [7, 11) is 3.15. The average Bonchev–Trinajstić information content (AvgIpc) is 3.23. The van der Waals surface area contributed by atoms with Gasteiger partial charge < -0.3 is 14.2 Å². The van der Waals surface area contributed by atoms with Gasteiger partial charge in [0.25, 0.3) is 0 Å². The molecule has 0 fully saturated rings. The first-order valence-electron chi connectivity index (χ1n) is 8.41. The first-order valence-corrected chi connectivity index (χ1v) is 8.79. The van der Waals surface area contributed by atoms with Crippen molar-refractivity contribution >= 4 is 33.9 Å². The number of halogens is 1. The number of nitrogens with zero attached hydrogens (tertiary/aromatic N) is 2. The van der Waals surface area contributed by atoms with Crippen LogP contribution in [-0.4, -0.2) is 36.4 Å². The molecule has 0 bridgehead atoms. The van der Waals surface area contributed by atoms with Crippen molar-refractivity contribution in [2.75, 3.05) is 20.8 Å². The van der Waals surface area contributed by atoms with Crippen molar-refractivity contribution in [1.82, 2.24) is 9.61 Å². The molecule has 0 saturated heterocycles. The van der Waals surface area contributed by atoms with Gasteiger partial charge in [0.2, 0.25) is 0 Å². The van der Waals surface area contributed by atoms with E-state index in [4.69, 9.17) is 25.8 Å². The van der Waals surface area contributed by atoms with Crippen LogP contribution in [-0.2, 0) is 4.74 Å². The Bertz CT molecular complexity index is 1130. The normalized spacial score (nSPS) is 11.3. The maximum Gasteiger partial charge on any atom is 0.359 e. The summed E-state index contributed by atoms with van der Waals surface area (Å²) in [6.07, 6.45) is 1.87. The van der Waals surface area contributed by atoms with E-state index in [-0.39, 0.29) is 12.3 Å². The Morgan fingerprint density at radius 2 is 1.78 bits per heavy atom. The average molecular weight is 385 g/mol. The SMILES string of the molecule is CCOC(=O)c1nn2cc(-c3ccc(Cl)cc3)c3c(OC)cc(OC)c1c32. The van der Waals surface area contributed by atoms with E-state index in [1.165, 1.54) is 0 Å². The number of aromatic nitrogens is 2. The molecule has 0 spiro atoms. The monoisotopic (exact) mass is 384 g/mol. The van der Waals surface area contributed by atoms with Gasteiger partial charge in [0.05, 0.1) is 37.1 Å². The lowest BCUT2D eigenvalue weighted by Gasteiger charge is -2.10. The molecule has 0 saturated carbocycles. The van der Waals surface area contributed by atoms with Gasteiger partial charge in [-0.2, -0.15) is 5.10 Å². The molecule has 0 aliphatic heterocycles. The van der Waals surface area contributed by atoms with Crippen LogP contribution in [0, 0.1) is 0 Å². The van der Waals surface area contributed by atoms with Crippen molar-refractivity contribution in [3.05, 3.63) is 47.2 Å². The van der Waals surface area contributed by atoms with Crippen molar-refractivity contribution in [3.8, 4) is 22.6 Å². The largest absolute Gasteiger partial charge is 0.496 e. The van der Waals surface area contributed by atoms with Gasteiger partial charge in [-0.05, 0) is 24.6 Å². The molecule has 2 aromatic carbocycles. The van der Waals surface area contributed by atoms with E-state index in [0.717, 1.165) is 22.0 Å². The summed E-state index contributed by atoms with van der Waals surface area (Å²) >= 11 is 6.02. The molecule has 0 atom stereocenters. The second-order valence-corrected chi connectivity index (χ2v) is 6.38. The first kappa shape index (κ1) is 17.4. The van der Waals surface area contributed by atoms with Gasteiger partial charge in [0, 0.05) is 22.8 Å². The highest BCUT2D eigenvalue weighted by Crippen LogP contribution is 2.44. The fraction of sp³-hybridized carbons (Fsp3) is 0.200. The molecule has 27 heavy (non-hydrogen) atoms. The van der Waals surface area contributed by atoms with E-state index in [1.54, 1.807) is 31.7 Å². The molecule has 0 aliphatic carbocycles. The van der Waals surface area contributed by atoms with Gasteiger partial charge in [-0.25, -0.2) is 9.31 Å². The highest BCUT2D eigenvalue weighted by atomic mass is 35.5. The first-order chi connectivity index (χ1) is 13.1. The number of carbonyl (C=O) groups is 1. The van der Waals surface area contributed by atoms with Crippen LogP contribution in [0.15, 0.2) is 36.5 Å². The van der Waals surface area contributed by atoms with Crippen LogP contribution in [0.4, 0.5) is 0 Å². The lowest BCUT2D eigenvalue weighted by atomic mass is 10.0. The number of rotatable bonds is 5.